The highest BCUT2D eigenvalue weighted by atomic mass is 127. The molecule has 0 heterocycles. The van der Waals surface area contributed by atoms with E-state index in [2.05, 4.69) is 27.8 Å². The van der Waals surface area contributed by atoms with Gasteiger partial charge in [-0.3, -0.25) is 4.99 Å². The lowest BCUT2D eigenvalue weighted by atomic mass is 10.1. The number of anilines is 1. The molecule has 0 unspecified atom stereocenters. The normalized spacial score (nSPS) is 10.7. The highest BCUT2D eigenvalue weighted by Gasteiger charge is 2.08. The largest absolute Gasteiger partial charge is 0.493 e. The van der Waals surface area contributed by atoms with Crippen LogP contribution in [0.15, 0.2) is 47.5 Å². The van der Waals surface area contributed by atoms with Crippen molar-refractivity contribution in [1.82, 2.24) is 5.32 Å². The van der Waals surface area contributed by atoms with Crippen LogP contribution in [0.2, 0.25) is 0 Å². The van der Waals surface area contributed by atoms with Crippen LogP contribution < -0.4 is 20.1 Å². The summed E-state index contributed by atoms with van der Waals surface area (Å²) in [7, 11) is 5.06. The Morgan fingerprint density at radius 2 is 1.78 bits per heavy atom. The van der Waals surface area contributed by atoms with Crippen molar-refractivity contribution in [2.24, 2.45) is 4.99 Å². The zero-order chi connectivity index (χ0) is 18.8. The van der Waals surface area contributed by atoms with Gasteiger partial charge in [-0.05, 0) is 30.2 Å². The summed E-state index contributed by atoms with van der Waals surface area (Å²) >= 11 is 0. The predicted molar refractivity (Wildman–Crippen MR) is 121 cm³/mol. The van der Waals surface area contributed by atoms with Crippen molar-refractivity contribution in [3.05, 3.63) is 53.6 Å². The summed E-state index contributed by atoms with van der Waals surface area (Å²) in [5.74, 6) is 2.07. The third kappa shape index (κ3) is 6.91. The summed E-state index contributed by atoms with van der Waals surface area (Å²) in [4.78, 5) is 4.28. The lowest BCUT2D eigenvalue weighted by Crippen LogP contribution is -2.30. The second-order valence-corrected chi connectivity index (χ2v) is 5.55. The van der Waals surface area contributed by atoms with Crippen LogP contribution >= 0.6 is 24.0 Å². The van der Waals surface area contributed by atoms with Gasteiger partial charge < -0.3 is 24.8 Å². The highest BCUT2D eigenvalue weighted by Crippen LogP contribution is 2.30. The first-order valence-corrected chi connectivity index (χ1v) is 8.56. The first kappa shape index (κ1) is 23.0. The molecule has 0 bridgehead atoms. The molecule has 0 saturated carbocycles. The van der Waals surface area contributed by atoms with E-state index in [9.17, 15) is 0 Å². The minimum atomic E-state index is 0. The average molecular weight is 485 g/mol. The van der Waals surface area contributed by atoms with Crippen molar-refractivity contribution in [3.8, 4) is 11.5 Å². The molecule has 0 aromatic heterocycles. The maximum atomic E-state index is 5.55. The van der Waals surface area contributed by atoms with Gasteiger partial charge in [-0.15, -0.1) is 24.0 Å². The molecule has 0 radical (unpaired) electrons. The molecule has 0 aliphatic carbocycles. The van der Waals surface area contributed by atoms with Crippen molar-refractivity contribution in [2.75, 3.05) is 33.2 Å². The van der Waals surface area contributed by atoms with Gasteiger partial charge in [0.15, 0.2) is 17.5 Å². The molecule has 27 heavy (non-hydrogen) atoms. The number of guanidine groups is 1. The van der Waals surface area contributed by atoms with Crippen molar-refractivity contribution in [1.29, 1.82) is 0 Å². The smallest absolute Gasteiger partial charge is 0.195 e. The van der Waals surface area contributed by atoms with Gasteiger partial charge >= 0.3 is 0 Å². The number of ether oxygens (including phenoxy) is 3. The Kier molecular flexibility index (Phi) is 10.6. The Morgan fingerprint density at radius 1 is 1.04 bits per heavy atom. The van der Waals surface area contributed by atoms with Crippen LogP contribution in [0.1, 0.15) is 18.1 Å². The van der Waals surface area contributed by atoms with E-state index in [1.165, 1.54) is 5.56 Å². The first-order valence-electron chi connectivity index (χ1n) is 8.56. The molecule has 0 spiro atoms. The fraction of sp³-hybridized carbons (Fsp3) is 0.350. The molecule has 0 aliphatic rings. The summed E-state index contributed by atoms with van der Waals surface area (Å²) in [6, 6.07) is 13.9. The Labute approximate surface area is 178 Å². The average Bonchev–Trinajstić information content (AvgIpc) is 2.67. The van der Waals surface area contributed by atoms with Crippen LogP contribution in [0.25, 0.3) is 0 Å². The number of benzene rings is 2. The number of rotatable bonds is 8. The quantitative estimate of drug-likeness (QED) is 0.336. The summed E-state index contributed by atoms with van der Waals surface area (Å²) in [6.45, 7) is 3.76. The minimum Gasteiger partial charge on any atom is -0.493 e. The second kappa shape index (κ2) is 12.4. The number of nitrogens with zero attached hydrogens (tertiary/aromatic N) is 1. The molecule has 0 amide bonds. The van der Waals surface area contributed by atoms with E-state index < -0.39 is 0 Å². The SMILES string of the molecule is CCOc1ccc(NC(=NC)NCc2ccccc2COC)cc1OC.I. The molecule has 2 aromatic rings. The summed E-state index contributed by atoms with van der Waals surface area (Å²) in [5.41, 5.74) is 3.19. The van der Waals surface area contributed by atoms with Gasteiger partial charge in [0.1, 0.15) is 0 Å². The molecule has 7 heteroatoms. The molecule has 0 atom stereocenters. The Hall–Kier alpha value is -2.00. The standard InChI is InChI=1S/C20H27N3O3.HI/c1-5-26-18-11-10-17(12-19(18)25-4)23-20(21-2)22-13-15-8-6-7-9-16(15)14-24-3;/h6-12H,5,13-14H2,1-4H3,(H2,21,22,23);1H. The maximum Gasteiger partial charge on any atom is 0.195 e. The van der Waals surface area contributed by atoms with E-state index >= 15 is 0 Å². The van der Waals surface area contributed by atoms with Crippen LogP contribution in [0.5, 0.6) is 11.5 Å². The second-order valence-electron chi connectivity index (χ2n) is 5.55. The number of hydrogen-bond donors (Lipinski definition) is 2. The van der Waals surface area contributed by atoms with Gasteiger partial charge in [-0.25, -0.2) is 0 Å². The Balaban J connectivity index is 0.00000364. The molecule has 0 saturated heterocycles. The summed E-state index contributed by atoms with van der Waals surface area (Å²) in [6.07, 6.45) is 0. The van der Waals surface area contributed by atoms with Crippen molar-refractivity contribution in [2.45, 2.75) is 20.1 Å². The number of hydrogen-bond acceptors (Lipinski definition) is 4. The van der Waals surface area contributed by atoms with E-state index in [1.807, 2.05) is 37.3 Å². The van der Waals surface area contributed by atoms with Crippen LogP contribution in [0.4, 0.5) is 5.69 Å². The molecule has 0 fully saturated rings. The van der Waals surface area contributed by atoms with Crippen LogP contribution in [0, 0.1) is 0 Å². The Morgan fingerprint density at radius 3 is 2.41 bits per heavy atom. The lowest BCUT2D eigenvalue weighted by molar-refractivity contribution is 0.184. The maximum absolute atomic E-state index is 5.55. The van der Waals surface area contributed by atoms with E-state index in [4.69, 9.17) is 14.2 Å². The summed E-state index contributed by atoms with van der Waals surface area (Å²) < 4.78 is 16.2. The Bertz CT molecular complexity index is 738. The minimum absolute atomic E-state index is 0. The van der Waals surface area contributed by atoms with Crippen molar-refractivity contribution in [3.63, 3.8) is 0 Å². The molecule has 0 aliphatic heterocycles. The van der Waals surface area contributed by atoms with Crippen LogP contribution in [0.3, 0.4) is 0 Å². The number of methoxy groups -OCH3 is 2. The molecular formula is C20H28IN3O3. The molecule has 2 aromatic carbocycles. The summed E-state index contributed by atoms with van der Waals surface area (Å²) in [5, 5.41) is 6.59. The highest BCUT2D eigenvalue weighted by molar-refractivity contribution is 14.0. The van der Waals surface area contributed by atoms with E-state index in [0.717, 1.165) is 17.0 Å². The van der Waals surface area contributed by atoms with Gasteiger partial charge in [0.2, 0.25) is 0 Å². The monoisotopic (exact) mass is 485 g/mol. The van der Waals surface area contributed by atoms with Crippen molar-refractivity contribution < 1.29 is 14.2 Å². The van der Waals surface area contributed by atoms with Gasteiger partial charge in [-0.2, -0.15) is 0 Å². The van der Waals surface area contributed by atoms with Gasteiger partial charge in [0, 0.05) is 32.5 Å². The first-order chi connectivity index (χ1) is 12.7. The van der Waals surface area contributed by atoms with Crippen LogP contribution in [-0.2, 0) is 17.9 Å². The molecule has 2 rings (SSSR count). The third-order valence-electron chi connectivity index (χ3n) is 3.81. The fourth-order valence-electron chi connectivity index (χ4n) is 2.54. The van der Waals surface area contributed by atoms with E-state index in [1.54, 1.807) is 21.3 Å². The predicted octanol–water partition coefficient (Wildman–Crippen LogP) is 4.05. The molecule has 6 nitrogen and oxygen atoms in total. The van der Waals surface area contributed by atoms with E-state index in [0.29, 0.717) is 31.5 Å². The molecule has 148 valence electrons. The van der Waals surface area contributed by atoms with E-state index in [-0.39, 0.29) is 24.0 Å². The number of aliphatic imine (C=N–C) groups is 1. The number of nitrogens with one attached hydrogen (secondary N) is 2. The third-order valence-corrected chi connectivity index (χ3v) is 3.81. The van der Waals surface area contributed by atoms with Crippen LogP contribution in [-0.4, -0.2) is 33.8 Å². The zero-order valence-corrected chi connectivity index (χ0v) is 18.6. The van der Waals surface area contributed by atoms with Gasteiger partial charge in [0.05, 0.1) is 20.3 Å². The van der Waals surface area contributed by atoms with Gasteiger partial charge in [0.25, 0.3) is 0 Å². The fourth-order valence-corrected chi connectivity index (χ4v) is 2.54. The van der Waals surface area contributed by atoms with Crippen molar-refractivity contribution >= 4 is 35.6 Å². The zero-order valence-electron chi connectivity index (χ0n) is 16.2. The molecular weight excluding hydrogens is 457 g/mol. The van der Waals surface area contributed by atoms with Gasteiger partial charge in [-0.1, -0.05) is 24.3 Å². The number of halogens is 1. The lowest BCUT2D eigenvalue weighted by Gasteiger charge is -2.15. The topological polar surface area (TPSA) is 64.1 Å². The molecule has 2 N–H and O–H groups in total.